The molecule has 0 spiro atoms. The summed E-state index contributed by atoms with van der Waals surface area (Å²) in [6.07, 6.45) is 0. The maximum atomic E-state index is 13.0. The maximum absolute atomic E-state index is 13.0. The molecule has 1 N–H and O–H groups in total. The number of halogens is 1. The molecule has 2 heterocycles. The first-order chi connectivity index (χ1) is 13.9. The zero-order chi connectivity index (χ0) is 20.7. The van der Waals surface area contributed by atoms with Crippen LogP contribution in [0.4, 0.5) is 5.69 Å². The average Bonchev–Trinajstić information content (AvgIpc) is 3.32. The number of aliphatic hydroxyl groups excluding tert-OH is 1. The highest BCUT2D eigenvalue weighted by Crippen LogP contribution is 2.43. The number of amides is 1. The van der Waals surface area contributed by atoms with E-state index in [1.54, 1.807) is 24.3 Å². The van der Waals surface area contributed by atoms with Crippen LogP contribution in [-0.2, 0) is 9.59 Å². The van der Waals surface area contributed by atoms with Crippen molar-refractivity contribution in [1.82, 2.24) is 0 Å². The van der Waals surface area contributed by atoms with Crippen LogP contribution in [0, 0.1) is 13.8 Å². The SMILES string of the molecule is Cc1ccc(N2C(=O)C(=O)/C(=C(\O)c3ccc(Cl)cc3)C2c2cccs2)cc1C. The van der Waals surface area contributed by atoms with Gasteiger partial charge in [-0.15, -0.1) is 11.3 Å². The third-order valence-electron chi connectivity index (χ3n) is 5.14. The number of carbonyl (C=O) groups excluding carboxylic acids is 2. The molecule has 1 amide bonds. The van der Waals surface area contributed by atoms with E-state index in [2.05, 4.69) is 0 Å². The van der Waals surface area contributed by atoms with Crippen LogP contribution in [0.2, 0.25) is 5.02 Å². The van der Waals surface area contributed by atoms with E-state index in [4.69, 9.17) is 11.6 Å². The third-order valence-corrected chi connectivity index (χ3v) is 6.32. The second-order valence-corrected chi connectivity index (χ2v) is 8.38. The van der Waals surface area contributed by atoms with Gasteiger partial charge in [-0.25, -0.2) is 0 Å². The minimum absolute atomic E-state index is 0.0815. The van der Waals surface area contributed by atoms with Crippen LogP contribution >= 0.6 is 22.9 Å². The largest absolute Gasteiger partial charge is 0.507 e. The molecule has 1 fully saturated rings. The molecular formula is C23H18ClNO3S. The van der Waals surface area contributed by atoms with Gasteiger partial charge < -0.3 is 5.11 Å². The fourth-order valence-corrected chi connectivity index (χ4v) is 4.40. The van der Waals surface area contributed by atoms with Crippen molar-refractivity contribution in [2.45, 2.75) is 19.9 Å². The lowest BCUT2D eigenvalue weighted by Gasteiger charge is -2.24. The quantitative estimate of drug-likeness (QED) is 0.336. The van der Waals surface area contributed by atoms with Crippen molar-refractivity contribution >= 4 is 46.1 Å². The molecule has 1 aliphatic heterocycles. The Labute approximate surface area is 177 Å². The van der Waals surface area contributed by atoms with Gasteiger partial charge in [0.05, 0.1) is 5.57 Å². The molecule has 0 saturated carbocycles. The molecule has 0 bridgehead atoms. The van der Waals surface area contributed by atoms with E-state index < -0.39 is 17.7 Å². The normalized spacial score (nSPS) is 18.4. The van der Waals surface area contributed by atoms with E-state index >= 15 is 0 Å². The van der Waals surface area contributed by atoms with Gasteiger partial charge >= 0.3 is 0 Å². The van der Waals surface area contributed by atoms with Gasteiger partial charge in [-0.3, -0.25) is 14.5 Å². The number of nitrogens with zero attached hydrogens (tertiary/aromatic N) is 1. The summed E-state index contributed by atoms with van der Waals surface area (Å²) in [6, 6.07) is 15.2. The molecule has 2 aromatic carbocycles. The van der Waals surface area contributed by atoms with Gasteiger partial charge in [0.25, 0.3) is 11.7 Å². The minimum Gasteiger partial charge on any atom is -0.507 e. The molecule has 4 nitrogen and oxygen atoms in total. The Hall–Kier alpha value is -2.89. The molecule has 1 atom stereocenters. The number of benzene rings is 2. The smallest absolute Gasteiger partial charge is 0.300 e. The first-order valence-corrected chi connectivity index (χ1v) is 10.3. The van der Waals surface area contributed by atoms with Crippen LogP contribution in [0.5, 0.6) is 0 Å². The molecule has 0 aliphatic carbocycles. The summed E-state index contributed by atoms with van der Waals surface area (Å²) in [7, 11) is 0. The van der Waals surface area contributed by atoms with Crippen molar-refractivity contribution in [3.05, 3.63) is 92.1 Å². The van der Waals surface area contributed by atoms with Gasteiger partial charge in [-0.05, 0) is 72.8 Å². The number of aryl methyl sites for hydroxylation is 2. The first kappa shape index (κ1) is 19.4. The van der Waals surface area contributed by atoms with E-state index in [1.807, 2.05) is 49.6 Å². The van der Waals surface area contributed by atoms with Crippen LogP contribution < -0.4 is 4.90 Å². The second kappa shape index (κ2) is 7.50. The molecule has 4 rings (SSSR count). The predicted octanol–water partition coefficient (Wildman–Crippen LogP) is 5.64. The highest BCUT2D eigenvalue weighted by Gasteiger charge is 2.47. The van der Waals surface area contributed by atoms with Gasteiger partial charge in [0.2, 0.25) is 0 Å². The highest BCUT2D eigenvalue weighted by atomic mass is 35.5. The Bertz CT molecular complexity index is 1130. The maximum Gasteiger partial charge on any atom is 0.300 e. The van der Waals surface area contributed by atoms with Gasteiger partial charge in [0.1, 0.15) is 11.8 Å². The lowest BCUT2D eigenvalue weighted by molar-refractivity contribution is -0.132. The van der Waals surface area contributed by atoms with E-state index in [0.29, 0.717) is 16.3 Å². The van der Waals surface area contributed by atoms with Gasteiger partial charge in [-0.1, -0.05) is 23.7 Å². The predicted molar refractivity (Wildman–Crippen MR) is 116 cm³/mol. The van der Waals surface area contributed by atoms with Crippen molar-refractivity contribution in [3.63, 3.8) is 0 Å². The Morgan fingerprint density at radius 1 is 1.03 bits per heavy atom. The number of carbonyl (C=O) groups is 2. The van der Waals surface area contributed by atoms with Crippen molar-refractivity contribution in [2.24, 2.45) is 0 Å². The molecule has 6 heteroatoms. The van der Waals surface area contributed by atoms with Crippen molar-refractivity contribution < 1.29 is 14.7 Å². The Kier molecular flexibility index (Phi) is 5.03. The lowest BCUT2D eigenvalue weighted by Crippen LogP contribution is -2.29. The standard InChI is InChI=1S/C23H18ClNO3S/c1-13-5-10-17(12-14(13)2)25-20(18-4-3-11-29-18)19(22(27)23(25)28)21(26)15-6-8-16(24)9-7-15/h3-12,20,26H,1-2H3/b21-19-. The number of hydrogen-bond donors (Lipinski definition) is 1. The van der Waals surface area contributed by atoms with Crippen LogP contribution in [0.15, 0.2) is 65.6 Å². The van der Waals surface area contributed by atoms with Crippen molar-refractivity contribution in [3.8, 4) is 0 Å². The van der Waals surface area contributed by atoms with Crippen LogP contribution in [0.3, 0.4) is 0 Å². The number of ketones is 1. The van der Waals surface area contributed by atoms with E-state index in [-0.39, 0.29) is 11.3 Å². The molecule has 3 aromatic rings. The minimum atomic E-state index is -0.700. The number of thiophene rings is 1. The Morgan fingerprint density at radius 3 is 2.38 bits per heavy atom. The molecular weight excluding hydrogens is 406 g/mol. The fraction of sp³-hybridized carbons (Fsp3) is 0.130. The number of rotatable bonds is 3. The van der Waals surface area contributed by atoms with Crippen LogP contribution in [0.1, 0.15) is 27.6 Å². The zero-order valence-electron chi connectivity index (χ0n) is 15.8. The summed E-state index contributed by atoms with van der Waals surface area (Å²) in [5.74, 6) is -1.55. The van der Waals surface area contributed by atoms with E-state index in [1.165, 1.54) is 16.2 Å². The van der Waals surface area contributed by atoms with Crippen molar-refractivity contribution in [2.75, 3.05) is 4.90 Å². The number of Topliss-reactive ketones (excluding diaryl/α,β-unsaturated/α-hetero) is 1. The summed E-state index contributed by atoms with van der Waals surface area (Å²) in [6.45, 7) is 3.95. The van der Waals surface area contributed by atoms with E-state index in [9.17, 15) is 14.7 Å². The number of hydrogen-bond acceptors (Lipinski definition) is 4. The topological polar surface area (TPSA) is 57.6 Å². The molecule has 1 unspecified atom stereocenters. The monoisotopic (exact) mass is 423 g/mol. The third kappa shape index (κ3) is 3.37. The lowest BCUT2D eigenvalue weighted by atomic mass is 9.99. The molecule has 29 heavy (non-hydrogen) atoms. The van der Waals surface area contributed by atoms with Crippen LogP contribution in [-0.4, -0.2) is 16.8 Å². The number of aliphatic hydroxyl groups is 1. The van der Waals surface area contributed by atoms with Gasteiger partial charge in [0, 0.05) is 21.2 Å². The average molecular weight is 424 g/mol. The van der Waals surface area contributed by atoms with Gasteiger partial charge in [0.15, 0.2) is 0 Å². The molecule has 0 radical (unpaired) electrons. The Morgan fingerprint density at radius 2 is 1.76 bits per heavy atom. The molecule has 1 saturated heterocycles. The molecule has 1 aliphatic rings. The second-order valence-electron chi connectivity index (χ2n) is 6.96. The number of anilines is 1. The van der Waals surface area contributed by atoms with E-state index in [0.717, 1.165) is 16.0 Å². The first-order valence-electron chi connectivity index (χ1n) is 9.06. The summed E-state index contributed by atoms with van der Waals surface area (Å²) in [5.41, 5.74) is 3.27. The zero-order valence-corrected chi connectivity index (χ0v) is 17.4. The fourth-order valence-electron chi connectivity index (χ4n) is 3.45. The Balaban J connectivity index is 1.92. The summed E-state index contributed by atoms with van der Waals surface area (Å²) in [5, 5.41) is 13.4. The van der Waals surface area contributed by atoms with Gasteiger partial charge in [-0.2, -0.15) is 0 Å². The summed E-state index contributed by atoms with van der Waals surface area (Å²) < 4.78 is 0. The summed E-state index contributed by atoms with van der Waals surface area (Å²) in [4.78, 5) is 28.3. The van der Waals surface area contributed by atoms with Crippen molar-refractivity contribution in [1.29, 1.82) is 0 Å². The molecule has 1 aromatic heterocycles. The van der Waals surface area contributed by atoms with Crippen LogP contribution in [0.25, 0.3) is 5.76 Å². The molecule has 146 valence electrons. The summed E-state index contributed by atoms with van der Waals surface area (Å²) >= 11 is 7.38. The highest BCUT2D eigenvalue weighted by molar-refractivity contribution is 7.10.